The summed E-state index contributed by atoms with van der Waals surface area (Å²) in [5.74, 6) is -2.23. The summed E-state index contributed by atoms with van der Waals surface area (Å²) in [5, 5.41) is 2.74. The quantitative estimate of drug-likeness (QED) is 0.204. The number of carbonyl (C=O) groups excluding carboxylic acids is 4. The SMILES string of the molecule is COC(=O)c1ccc(C(=O)N(C)c2ccc(C(=O)Nc3ccc(/C=C/c4ccc(F)cc4)cc3C(=O)OC)cc2)cc1. The summed E-state index contributed by atoms with van der Waals surface area (Å²) in [4.78, 5) is 51.5. The molecule has 0 aliphatic heterocycles. The maximum absolute atomic E-state index is 13.2. The minimum Gasteiger partial charge on any atom is -0.465 e. The van der Waals surface area contributed by atoms with Gasteiger partial charge in [0.25, 0.3) is 11.8 Å². The van der Waals surface area contributed by atoms with Crippen molar-refractivity contribution in [3.8, 4) is 0 Å². The lowest BCUT2D eigenvalue weighted by atomic mass is 10.1. The Morgan fingerprint density at radius 2 is 1.24 bits per heavy atom. The molecule has 4 aromatic rings. The van der Waals surface area contributed by atoms with Gasteiger partial charge in [-0.25, -0.2) is 14.0 Å². The van der Waals surface area contributed by atoms with Crippen molar-refractivity contribution in [3.63, 3.8) is 0 Å². The summed E-state index contributed by atoms with van der Waals surface area (Å²) in [7, 11) is 4.13. The zero-order valence-electron chi connectivity index (χ0n) is 23.1. The molecule has 0 fully saturated rings. The normalized spacial score (nSPS) is 10.7. The van der Waals surface area contributed by atoms with Gasteiger partial charge in [-0.15, -0.1) is 0 Å². The Bertz CT molecular complexity index is 1650. The highest BCUT2D eigenvalue weighted by molar-refractivity contribution is 6.09. The number of hydrogen-bond donors (Lipinski definition) is 1. The predicted octanol–water partition coefficient (Wildman–Crippen LogP) is 6.10. The first kappa shape index (κ1) is 29.4. The minimum atomic E-state index is -0.627. The van der Waals surface area contributed by atoms with Crippen LogP contribution in [-0.4, -0.2) is 45.0 Å². The highest BCUT2D eigenvalue weighted by atomic mass is 19.1. The van der Waals surface area contributed by atoms with Gasteiger partial charge in [0.05, 0.1) is 31.0 Å². The summed E-state index contributed by atoms with van der Waals surface area (Å²) in [6, 6.07) is 23.3. The number of nitrogens with one attached hydrogen (secondary N) is 1. The topological polar surface area (TPSA) is 102 Å². The van der Waals surface area contributed by atoms with Gasteiger partial charge in [-0.3, -0.25) is 9.59 Å². The van der Waals surface area contributed by atoms with E-state index in [0.717, 1.165) is 5.56 Å². The molecule has 212 valence electrons. The molecule has 0 atom stereocenters. The van der Waals surface area contributed by atoms with Crippen molar-refractivity contribution in [2.45, 2.75) is 0 Å². The number of halogens is 1. The lowest BCUT2D eigenvalue weighted by Crippen LogP contribution is -2.26. The van der Waals surface area contributed by atoms with Crippen LogP contribution in [0.5, 0.6) is 0 Å². The van der Waals surface area contributed by atoms with E-state index in [0.29, 0.717) is 27.9 Å². The monoisotopic (exact) mass is 566 g/mol. The van der Waals surface area contributed by atoms with Crippen LogP contribution < -0.4 is 10.2 Å². The van der Waals surface area contributed by atoms with Gasteiger partial charge in [0.1, 0.15) is 5.82 Å². The van der Waals surface area contributed by atoms with E-state index in [9.17, 15) is 23.6 Å². The first-order valence-electron chi connectivity index (χ1n) is 12.7. The van der Waals surface area contributed by atoms with Crippen molar-refractivity contribution in [2.75, 3.05) is 31.5 Å². The van der Waals surface area contributed by atoms with Crippen LogP contribution in [0.25, 0.3) is 12.2 Å². The van der Waals surface area contributed by atoms with E-state index in [-0.39, 0.29) is 23.0 Å². The molecule has 0 saturated carbocycles. The standard InChI is InChI=1S/C33H27FN2O6/c1-36(31(38)24-9-11-25(12-10-24)32(39)41-2)27-17-13-23(14-18-27)30(37)35-29-19-8-22(20-28(29)33(40)42-3)5-4-21-6-15-26(34)16-7-21/h4-20H,1-3H3,(H,35,37)/b5-4+. The Balaban J connectivity index is 1.47. The van der Waals surface area contributed by atoms with Crippen LogP contribution >= 0.6 is 0 Å². The maximum Gasteiger partial charge on any atom is 0.339 e. The number of esters is 2. The van der Waals surface area contributed by atoms with Gasteiger partial charge in [0.2, 0.25) is 0 Å². The number of benzene rings is 4. The fourth-order valence-corrected chi connectivity index (χ4v) is 4.03. The first-order valence-corrected chi connectivity index (χ1v) is 12.7. The lowest BCUT2D eigenvalue weighted by molar-refractivity contribution is 0.0592. The number of hydrogen-bond acceptors (Lipinski definition) is 6. The Morgan fingerprint density at radius 1 is 0.690 bits per heavy atom. The molecular weight excluding hydrogens is 539 g/mol. The van der Waals surface area contributed by atoms with Gasteiger partial charge in [0.15, 0.2) is 0 Å². The third kappa shape index (κ3) is 6.95. The zero-order valence-corrected chi connectivity index (χ0v) is 23.1. The van der Waals surface area contributed by atoms with Crippen molar-refractivity contribution in [3.05, 3.63) is 130 Å². The second-order valence-corrected chi connectivity index (χ2v) is 9.12. The fourth-order valence-electron chi connectivity index (χ4n) is 4.03. The molecule has 2 amide bonds. The number of anilines is 2. The number of carbonyl (C=O) groups is 4. The van der Waals surface area contributed by atoms with Gasteiger partial charge in [-0.2, -0.15) is 0 Å². The molecule has 9 heteroatoms. The molecule has 0 aliphatic rings. The highest BCUT2D eigenvalue weighted by Gasteiger charge is 2.18. The van der Waals surface area contributed by atoms with Gasteiger partial charge in [-0.1, -0.05) is 30.4 Å². The first-order chi connectivity index (χ1) is 20.2. The Kier molecular flexibility index (Phi) is 9.24. The third-order valence-electron chi connectivity index (χ3n) is 6.41. The zero-order chi connectivity index (χ0) is 30.2. The number of amides is 2. The number of nitrogens with zero attached hydrogens (tertiary/aromatic N) is 1. The Labute approximate surface area is 242 Å². The molecule has 42 heavy (non-hydrogen) atoms. The summed E-state index contributed by atoms with van der Waals surface area (Å²) in [6.45, 7) is 0. The summed E-state index contributed by atoms with van der Waals surface area (Å²) in [6.07, 6.45) is 3.53. The molecule has 0 bridgehead atoms. The van der Waals surface area contributed by atoms with Gasteiger partial charge in [-0.05, 0) is 83.9 Å². The van der Waals surface area contributed by atoms with Gasteiger partial charge >= 0.3 is 11.9 Å². The van der Waals surface area contributed by atoms with E-state index in [4.69, 9.17) is 4.74 Å². The van der Waals surface area contributed by atoms with Crippen LogP contribution in [0.2, 0.25) is 0 Å². The van der Waals surface area contributed by atoms with Crippen LogP contribution in [0.4, 0.5) is 15.8 Å². The molecule has 0 radical (unpaired) electrons. The summed E-state index contributed by atoms with van der Waals surface area (Å²) < 4.78 is 22.7. The van der Waals surface area contributed by atoms with Crippen LogP contribution in [-0.2, 0) is 9.47 Å². The molecule has 8 nitrogen and oxygen atoms in total. The molecule has 0 saturated heterocycles. The van der Waals surface area contributed by atoms with Crippen molar-refractivity contribution in [2.24, 2.45) is 0 Å². The average Bonchev–Trinajstić information content (AvgIpc) is 3.03. The number of ether oxygens (including phenoxy) is 2. The molecule has 0 aliphatic carbocycles. The second kappa shape index (κ2) is 13.2. The molecular formula is C33H27FN2O6. The fraction of sp³-hybridized carbons (Fsp3) is 0.0909. The van der Waals surface area contributed by atoms with E-state index in [1.54, 1.807) is 73.8 Å². The Morgan fingerprint density at radius 3 is 1.86 bits per heavy atom. The van der Waals surface area contributed by atoms with Crippen LogP contribution in [0.1, 0.15) is 52.6 Å². The molecule has 0 aromatic heterocycles. The lowest BCUT2D eigenvalue weighted by Gasteiger charge is -2.18. The third-order valence-corrected chi connectivity index (χ3v) is 6.41. The predicted molar refractivity (Wildman–Crippen MR) is 158 cm³/mol. The average molecular weight is 567 g/mol. The second-order valence-electron chi connectivity index (χ2n) is 9.12. The largest absolute Gasteiger partial charge is 0.465 e. The van der Waals surface area contributed by atoms with E-state index in [2.05, 4.69) is 10.1 Å². The molecule has 4 aromatic carbocycles. The summed E-state index contributed by atoms with van der Waals surface area (Å²) in [5.41, 5.74) is 3.43. The van der Waals surface area contributed by atoms with E-state index in [1.807, 2.05) is 0 Å². The smallest absolute Gasteiger partial charge is 0.339 e. The minimum absolute atomic E-state index is 0.160. The molecule has 0 heterocycles. The molecule has 0 spiro atoms. The van der Waals surface area contributed by atoms with E-state index < -0.39 is 17.8 Å². The van der Waals surface area contributed by atoms with Crippen LogP contribution in [0, 0.1) is 5.82 Å². The van der Waals surface area contributed by atoms with Crippen molar-refractivity contribution in [1.29, 1.82) is 0 Å². The van der Waals surface area contributed by atoms with Crippen LogP contribution in [0.3, 0.4) is 0 Å². The molecule has 4 rings (SSSR count). The van der Waals surface area contributed by atoms with Gasteiger partial charge < -0.3 is 19.7 Å². The van der Waals surface area contributed by atoms with Gasteiger partial charge in [0, 0.05) is 23.9 Å². The van der Waals surface area contributed by atoms with Crippen LogP contribution in [0.15, 0.2) is 91.0 Å². The molecule has 0 unspecified atom stereocenters. The van der Waals surface area contributed by atoms with E-state index in [1.165, 1.54) is 55.5 Å². The van der Waals surface area contributed by atoms with Crippen molar-refractivity contribution < 1.29 is 33.0 Å². The summed E-state index contributed by atoms with van der Waals surface area (Å²) >= 11 is 0. The molecule has 1 N–H and O–H groups in total. The Hall–Kier alpha value is -5.57. The van der Waals surface area contributed by atoms with Crippen molar-refractivity contribution in [1.82, 2.24) is 0 Å². The number of methoxy groups -OCH3 is 2. The highest BCUT2D eigenvalue weighted by Crippen LogP contribution is 2.23. The maximum atomic E-state index is 13.2. The number of rotatable bonds is 8. The van der Waals surface area contributed by atoms with E-state index >= 15 is 0 Å². The van der Waals surface area contributed by atoms with Crippen molar-refractivity contribution >= 4 is 47.3 Å².